The van der Waals surface area contributed by atoms with Crippen molar-refractivity contribution in [3.63, 3.8) is 0 Å². The van der Waals surface area contributed by atoms with Crippen molar-refractivity contribution in [2.24, 2.45) is 0 Å². The number of aromatic amines is 1. The zero-order valence-electron chi connectivity index (χ0n) is 14.8. The summed E-state index contributed by atoms with van der Waals surface area (Å²) in [4.78, 5) is 18.9. The lowest BCUT2D eigenvalue weighted by Crippen LogP contribution is -2.18. The molecule has 11 nitrogen and oxygen atoms in total. The summed E-state index contributed by atoms with van der Waals surface area (Å²) in [5.74, 6) is -0.244. The Hall–Kier alpha value is -3.59. The number of pyridine rings is 1. The van der Waals surface area contributed by atoms with Gasteiger partial charge in [0.05, 0.1) is 23.1 Å². The van der Waals surface area contributed by atoms with Crippen molar-refractivity contribution < 1.29 is 26.0 Å². The third-order valence-corrected chi connectivity index (χ3v) is 5.16. The van der Waals surface area contributed by atoms with Gasteiger partial charge in [0, 0.05) is 12.3 Å². The number of alkyl halides is 3. The van der Waals surface area contributed by atoms with Gasteiger partial charge < -0.3 is 9.40 Å². The van der Waals surface area contributed by atoms with Gasteiger partial charge in [0.25, 0.3) is 21.5 Å². The van der Waals surface area contributed by atoms with Crippen molar-refractivity contribution in [2.75, 3.05) is 7.05 Å². The smallest absolute Gasteiger partial charge is 0.407 e. The maximum atomic E-state index is 12.7. The van der Waals surface area contributed by atoms with E-state index in [2.05, 4.69) is 25.3 Å². The van der Waals surface area contributed by atoms with E-state index in [1.807, 2.05) is 4.72 Å². The Bertz CT molecular complexity index is 1400. The van der Waals surface area contributed by atoms with Gasteiger partial charge in [-0.1, -0.05) is 5.10 Å². The van der Waals surface area contributed by atoms with Crippen LogP contribution in [0.15, 0.2) is 45.0 Å². The highest BCUT2D eigenvalue weighted by molar-refractivity contribution is 7.89. The molecular weight excluding hydrogens is 431 g/mol. The molecule has 0 spiro atoms. The van der Waals surface area contributed by atoms with Gasteiger partial charge in [0.15, 0.2) is 5.65 Å². The Labute approximate surface area is 164 Å². The topological polar surface area (TPSA) is 148 Å². The second kappa shape index (κ2) is 6.74. The molecule has 0 fully saturated rings. The fourth-order valence-corrected chi connectivity index (χ4v) is 3.03. The molecule has 0 saturated heterocycles. The Morgan fingerprint density at radius 1 is 1.20 bits per heavy atom. The summed E-state index contributed by atoms with van der Waals surface area (Å²) >= 11 is 0. The number of rotatable bonds is 4. The largest absolute Gasteiger partial charge is 0.417 e. The van der Waals surface area contributed by atoms with Crippen molar-refractivity contribution >= 4 is 15.7 Å². The SMILES string of the molecule is CNS(=O)(=O)c1nnc(-c2cnn3c(=O)cc(-c4ccc(C(F)(F)F)cn4)[nH]c23)o1. The van der Waals surface area contributed by atoms with Crippen LogP contribution in [0.3, 0.4) is 0 Å². The average Bonchev–Trinajstić information content (AvgIpc) is 3.35. The predicted molar refractivity (Wildman–Crippen MR) is 93.6 cm³/mol. The van der Waals surface area contributed by atoms with E-state index in [0.29, 0.717) is 6.20 Å². The number of aromatic nitrogens is 6. The summed E-state index contributed by atoms with van der Waals surface area (Å²) in [5, 5.41) is 10.3. The molecule has 0 amide bonds. The minimum absolute atomic E-state index is 0.0521. The highest BCUT2D eigenvalue weighted by Gasteiger charge is 2.30. The number of fused-ring (bicyclic) bond motifs is 1. The standard InChI is InChI=1S/C15H10F3N7O4S/c1-19-30(27,28)14-24-23-13(29-14)8-6-21-25-11(26)4-10(22-12(8)25)9-3-2-7(5-20-9)15(16,17)18/h2-6,19,22H,1H3. The molecule has 4 aromatic rings. The van der Waals surface area contributed by atoms with E-state index >= 15 is 0 Å². The zero-order chi connectivity index (χ0) is 21.7. The number of nitrogens with one attached hydrogen (secondary N) is 2. The average molecular weight is 441 g/mol. The maximum absolute atomic E-state index is 12.7. The summed E-state index contributed by atoms with van der Waals surface area (Å²) < 4.78 is 69.8. The van der Waals surface area contributed by atoms with E-state index in [1.54, 1.807) is 0 Å². The fourth-order valence-electron chi connectivity index (χ4n) is 2.51. The van der Waals surface area contributed by atoms with Crippen LogP contribution in [0, 0.1) is 0 Å². The van der Waals surface area contributed by atoms with Gasteiger partial charge in [0.1, 0.15) is 5.56 Å². The molecular formula is C15H10F3N7O4S. The van der Waals surface area contributed by atoms with Gasteiger partial charge >= 0.3 is 11.4 Å². The summed E-state index contributed by atoms with van der Waals surface area (Å²) in [5.41, 5.74) is -1.23. The lowest BCUT2D eigenvalue weighted by molar-refractivity contribution is -0.137. The highest BCUT2D eigenvalue weighted by atomic mass is 32.2. The molecule has 30 heavy (non-hydrogen) atoms. The molecule has 0 aliphatic carbocycles. The fraction of sp³-hybridized carbons (Fsp3) is 0.133. The Morgan fingerprint density at radius 3 is 2.60 bits per heavy atom. The quantitative estimate of drug-likeness (QED) is 0.478. The summed E-state index contributed by atoms with van der Waals surface area (Å²) in [7, 11) is -2.83. The second-order valence-electron chi connectivity index (χ2n) is 5.85. The van der Waals surface area contributed by atoms with Crippen LogP contribution in [0.1, 0.15) is 5.56 Å². The van der Waals surface area contributed by atoms with Crippen LogP contribution in [-0.4, -0.2) is 45.2 Å². The zero-order valence-corrected chi connectivity index (χ0v) is 15.6. The van der Waals surface area contributed by atoms with E-state index < -0.39 is 32.5 Å². The number of halogens is 3. The second-order valence-corrected chi connectivity index (χ2v) is 7.61. The monoisotopic (exact) mass is 441 g/mol. The molecule has 0 aromatic carbocycles. The van der Waals surface area contributed by atoms with Crippen molar-refractivity contribution in [1.82, 2.24) is 34.5 Å². The van der Waals surface area contributed by atoms with Crippen molar-refractivity contribution in [2.45, 2.75) is 11.4 Å². The number of hydrogen-bond acceptors (Lipinski definition) is 8. The number of H-pyrrole nitrogens is 1. The molecule has 0 radical (unpaired) electrons. The molecule has 0 aliphatic rings. The van der Waals surface area contributed by atoms with E-state index in [0.717, 1.165) is 29.8 Å². The molecule has 0 atom stereocenters. The van der Waals surface area contributed by atoms with E-state index in [9.17, 15) is 26.4 Å². The lowest BCUT2D eigenvalue weighted by atomic mass is 10.2. The van der Waals surface area contributed by atoms with Gasteiger partial charge in [-0.25, -0.2) is 13.1 Å². The normalized spacial score (nSPS) is 12.5. The predicted octanol–water partition coefficient (Wildman–Crippen LogP) is 1.06. The third kappa shape index (κ3) is 3.33. The van der Waals surface area contributed by atoms with Gasteiger partial charge in [0.2, 0.25) is 0 Å². The lowest BCUT2D eigenvalue weighted by Gasteiger charge is -2.07. The molecule has 0 bridgehead atoms. The minimum Gasteiger partial charge on any atom is -0.407 e. The van der Waals surface area contributed by atoms with E-state index in [1.165, 1.54) is 6.20 Å². The first-order valence-electron chi connectivity index (χ1n) is 8.02. The first-order valence-corrected chi connectivity index (χ1v) is 9.50. The van der Waals surface area contributed by atoms with Crippen LogP contribution in [0.2, 0.25) is 0 Å². The first-order chi connectivity index (χ1) is 14.1. The van der Waals surface area contributed by atoms with Crippen LogP contribution in [0.25, 0.3) is 28.5 Å². The van der Waals surface area contributed by atoms with Gasteiger partial charge in [-0.15, -0.1) is 5.10 Å². The minimum atomic E-state index is -4.55. The van der Waals surface area contributed by atoms with Gasteiger partial charge in [-0.3, -0.25) is 9.78 Å². The van der Waals surface area contributed by atoms with E-state index in [4.69, 9.17) is 4.42 Å². The molecule has 0 saturated carbocycles. The summed E-state index contributed by atoms with van der Waals surface area (Å²) in [6.45, 7) is 0. The Morgan fingerprint density at radius 2 is 1.97 bits per heavy atom. The van der Waals surface area contributed by atoms with Crippen molar-refractivity contribution in [3.05, 3.63) is 46.5 Å². The number of nitrogens with zero attached hydrogens (tertiary/aromatic N) is 5. The summed E-state index contributed by atoms with van der Waals surface area (Å²) in [6, 6.07) is 3.03. The molecule has 0 aliphatic heterocycles. The van der Waals surface area contributed by atoms with Crippen LogP contribution < -0.4 is 10.3 Å². The molecule has 0 unspecified atom stereocenters. The first kappa shape index (κ1) is 19.7. The molecule has 4 heterocycles. The van der Waals surface area contributed by atoms with Crippen LogP contribution >= 0.6 is 0 Å². The van der Waals surface area contributed by atoms with Crippen LogP contribution in [0.4, 0.5) is 13.2 Å². The van der Waals surface area contributed by atoms with E-state index in [-0.39, 0.29) is 28.5 Å². The van der Waals surface area contributed by atoms with Crippen LogP contribution in [0.5, 0.6) is 0 Å². The Kier molecular flexibility index (Phi) is 4.43. The van der Waals surface area contributed by atoms with Crippen molar-refractivity contribution in [1.29, 1.82) is 0 Å². The third-order valence-electron chi connectivity index (χ3n) is 4.00. The molecule has 156 valence electrons. The molecule has 4 rings (SSSR count). The summed E-state index contributed by atoms with van der Waals surface area (Å²) in [6.07, 6.45) is -2.71. The number of sulfonamides is 1. The molecule has 2 N–H and O–H groups in total. The highest BCUT2D eigenvalue weighted by Crippen LogP contribution is 2.30. The molecule has 4 aromatic heterocycles. The van der Waals surface area contributed by atoms with Crippen LogP contribution in [-0.2, 0) is 16.2 Å². The van der Waals surface area contributed by atoms with Crippen molar-refractivity contribution in [3.8, 4) is 22.8 Å². The van der Waals surface area contributed by atoms with Gasteiger partial charge in [-0.05, 0) is 19.2 Å². The van der Waals surface area contributed by atoms with Gasteiger partial charge in [-0.2, -0.15) is 22.8 Å². The maximum Gasteiger partial charge on any atom is 0.417 e. The molecule has 15 heteroatoms. The number of hydrogen-bond donors (Lipinski definition) is 2. The Balaban J connectivity index is 1.82.